The number of benzene rings is 1. The molecule has 1 aliphatic heterocycles. The number of esters is 2. The predicted octanol–water partition coefficient (Wildman–Crippen LogP) is 2.81. The topological polar surface area (TPSA) is 69.7 Å². The highest BCUT2D eigenvalue weighted by Crippen LogP contribution is 2.70. The van der Waals surface area contributed by atoms with Gasteiger partial charge in [0.15, 0.2) is 5.41 Å². The third-order valence-electron chi connectivity index (χ3n) is 7.89. The van der Waals surface area contributed by atoms with E-state index in [2.05, 4.69) is 12.1 Å². The molecule has 5 heteroatoms. The predicted molar refractivity (Wildman–Crippen MR) is 95.8 cm³/mol. The third kappa shape index (κ3) is 1.92. The van der Waals surface area contributed by atoms with Gasteiger partial charge in [0.25, 0.3) is 0 Å². The molecule has 1 heterocycles. The molecule has 5 rings (SSSR count). The molecule has 0 amide bonds. The van der Waals surface area contributed by atoms with Crippen LogP contribution in [0.25, 0.3) is 0 Å². The van der Waals surface area contributed by atoms with E-state index in [9.17, 15) is 14.4 Å². The van der Waals surface area contributed by atoms with Gasteiger partial charge in [-0.3, -0.25) is 9.59 Å². The second-order valence-corrected chi connectivity index (χ2v) is 8.65. The van der Waals surface area contributed by atoms with Crippen molar-refractivity contribution in [2.75, 3.05) is 7.11 Å². The molecule has 27 heavy (non-hydrogen) atoms. The highest BCUT2D eigenvalue weighted by molar-refractivity contribution is 6.03. The van der Waals surface area contributed by atoms with Crippen LogP contribution in [0.15, 0.2) is 24.3 Å². The Hall–Kier alpha value is -2.17. The summed E-state index contributed by atoms with van der Waals surface area (Å²) in [6.07, 6.45) is 5.38. The molecular weight excluding hydrogens is 344 g/mol. The van der Waals surface area contributed by atoms with Gasteiger partial charge in [0.1, 0.15) is 11.9 Å². The van der Waals surface area contributed by atoms with Crippen LogP contribution in [0, 0.1) is 23.2 Å². The number of aldehydes is 1. The first-order valence-corrected chi connectivity index (χ1v) is 9.92. The van der Waals surface area contributed by atoms with Crippen molar-refractivity contribution in [3.05, 3.63) is 35.4 Å². The second kappa shape index (κ2) is 5.66. The maximum absolute atomic E-state index is 13.3. The van der Waals surface area contributed by atoms with Crippen LogP contribution in [0.5, 0.6) is 0 Å². The van der Waals surface area contributed by atoms with Crippen molar-refractivity contribution >= 4 is 18.2 Å². The van der Waals surface area contributed by atoms with Crippen LogP contribution in [0.1, 0.15) is 49.1 Å². The molecule has 1 aromatic carbocycles. The van der Waals surface area contributed by atoms with Gasteiger partial charge < -0.3 is 14.3 Å². The number of rotatable bonds is 3. The van der Waals surface area contributed by atoms with Gasteiger partial charge in [-0.25, -0.2) is 0 Å². The Bertz CT molecular complexity index is 832. The Morgan fingerprint density at radius 1 is 1.30 bits per heavy atom. The van der Waals surface area contributed by atoms with Crippen LogP contribution in [-0.2, 0) is 30.3 Å². The minimum Gasteiger partial charge on any atom is -0.468 e. The first kappa shape index (κ1) is 17.0. The lowest BCUT2D eigenvalue weighted by Gasteiger charge is -2.51. The molecule has 1 aromatic rings. The molecule has 2 saturated carbocycles. The standard InChI is InChI=1S/C22H24O5/c1-26-19(24)21-12-22(27-20(21)25)14(10-11-23)7-9-17(22)16-8-6-13-4-2-3-5-15(13)18(16)21/h2-5,11,14,16-18H,6-10,12H2,1H3/t14-,16-,17-,18+,21+,22-/m0/s1. The van der Waals surface area contributed by atoms with Crippen LogP contribution in [0.4, 0.5) is 0 Å². The quantitative estimate of drug-likeness (QED) is 0.466. The summed E-state index contributed by atoms with van der Waals surface area (Å²) in [7, 11) is 1.35. The van der Waals surface area contributed by atoms with Gasteiger partial charge in [0, 0.05) is 30.6 Å². The molecule has 0 radical (unpaired) electrons. The third-order valence-corrected chi connectivity index (χ3v) is 7.89. The summed E-state index contributed by atoms with van der Waals surface area (Å²) in [5.41, 5.74) is 0.361. The Kier molecular flexibility index (Phi) is 3.56. The zero-order valence-electron chi connectivity index (χ0n) is 15.5. The van der Waals surface area contributed by atoms with E-state index < -0.39 is 23.0 Å². The molecule has 0 unspecified atom stereocenters. The number of hydrogen-bond acceptors (Lipinski definition) is 5. The van der Waals surface area contributed by atoms with Crippen LogP contribution < -0.4 is 0 Å². The van der Waals surface area contributed by atoms with Gasteiger partial charge in [-0.1, -0.05) is 24.3 Å². The molecule has 4 aliphatic rings. The molecule has 1 saturated heterocycles. The molecule has 142 valence electrons. The van der Waals surface area contributed by atoms with E-state index in [1.165, 1.54) is 12.7 Å². The molecule has 3 aliphatic carbocycles. The van der Waals surface area contributed by atoms with Crippen molar-refractivity contribution in [1.82, 2.24) is 0 Å². The lowest BCUT2D eigenvalue weighted by Crippen LogP contribution is -2.55. The molecule has 5 nitrogen and oxygen atoms in total. The van der Waals surface area contributed by atoms with Crippen molar-refractivity contribution in [2.24, 2.45) is 23.2 Å². The first-order chi connectivity index (χ1) is 13.1. The van der Waals surface area contributed by atoms with Crippen LogP contribution in [0.3, 0.4) is 0 Å². The Morgan fingerprint density at radius 3 is 2.89 bits per heavy atom. The number of carbonyl (C=O) groups is 3. The fourth-order valence-electron chi connectivity index (χ4n) is 6.97. The van der Waals surface area contributed by atoms with Crippen molar-refractivity contribution in [1.29, 1.82) is 0 Å². The molecule has 3 fully saturated rings. The fourth-order valence-corrected chi connectivity index (χ4v) is 6.97. The summed E-state index contributed by atoms with van der Waals surface area (Å²) >= 11 is 0. The van der Waals surface area contributed by atoms with E-state index >= 15 is 0 Å². The van der Waals surface area contributed by atoms with Gasteiger partial charge in [0.2, 0.25) is 0 Å². The molecule has 1 spiro atoms. The van der Waals surface area contributed by atoms with E-state index in [1.54, 1.807) is 0 Å². The minimum absolute atomic E-state index is 0.00796. The highest BCUT2D eigenvalue weighted by Gasteiger charge is 2.77. The SMILES string of the molecule is COC(=O)[C@]12C[C@]3(OC1=O)[C@H](CC=O)CC[C@H]3[C@@H]1CCc3ccccc3[C@H]12. The number of carbonyl (C=O) groups excluding carboxylic acids is 3. The number of fused-ring (bicyclic) bond motifs is 6. The van der Waals surface area contributed by atoms with Gasteiger partial charge in [-0.2, -0.15) is 0 Å². The zero-order chi connectivity index (χ0) is 18.8. The van der Waals surface area contributed by atoms with Gasteiger partial charge in [0.05, 0.1) is 7.11 Å². The first-order valence-electron chi connectivity index (χ1n) is 9.92. The fraction of sp³-hybridized carbons (Fsp3) is 0.591. The Balaban J connectivity index is 1.72. The monoisotopic (exact) mass is 368 g/mol. The number of ether oxygens (including phenoxy) is 2. The van der Waals surface area contributed by atoms with E-state index in [1.807, 2.05) is 12.1 Å². The van der Waals surface area contributed by atoms with Crippen molar-refractivity contribution in [2.45, 2.75) is 50.0 Å². The lowest BCUT2D eigenvalue weighted by atomic mass is 9.50. The summed E-state index contributed by atoms with van der Waals surface area (Å²) in [4.78, 5) is 37.7. The minimum atomic E-state index is -1.28. The average molecular weight is 368 g/mol. The van der Waals surface area contributed by atoms with Crippen molar-refractivity contribution in [3.8, 4) is 0 Å². The maximum atomic E-state index is 13.3. The Morgan fingerprint density at radius 2 is 2.11 bits per heavy atom. The summed E-state index contributed by atoms with van der Waals surface area (Å²) in [6.45, 7) is 0. The zero-order valence-corrected chi connectivity index (χ0v) is 15.5. The van der Waals surface area contributed by atoms with Gasteiger partial charge in [-0.05, 0) is 42.7 Å². The van der Waals surface area contributed by atoms with Gasteiger partial charge in [-0.15, -0.1) is 0 Å². The number of aryl methyl sites for hydroxylation is 1. The van der Waals surface area contributed by atoms with E-state index in [0.717, 1.165) is 37.5 Å². The summed E-state index contributed by atoms with van der Waals surface area (Å²) in [5.74, 6) is -0.694. The molecule has 0 aromatic heterocycles. The second-order valence-electron chi connectivity index (χ2n) is 8.65. The lowest BCUT2D eigenvalue weighted by molar-refractivity contribution is -0.166. The van der Waals surface area contributed by atoms with Crippen LogP contribution in [-0.4, -0.2) is 30.9 Å². The summed E-state index contributed by atoms with van der Waals surface area (Å²) in [6, 6.07) is 8.16. The Labute approximate surface area is 158 Å². The molecule has 0 N–H and O–H groups in total. The van der Waals surface area contributed by atoms with Crippen molar-refractivity contribution < 1.29 is 23.9 Å². The summed E-state index contributed by atoms with van der Waals surface area (Å²) < 4.78 is 11.3. The van der Waals surface area contributed by atoms with E-state index in [-0.39, 0.29) is 23.7 Å². The molecule has 2 bridgehead atoms. The van der Waals surface area contributed by atoms with Crippen LogP contribution in [0.2, 0.25) is 0 Å². The highest BCUT2D eigenvalue weighted by atomic mass is 16.6. The van der Waals surface area contributed by atoms with Crippen LogP contribution >= 0.6 is 0 Å². The maximum Gasteiger partial charge on any atom is 0.324 e. The smallest absolute Gasteiger partial charge is 0.324 e. The number of methoxy groups -OCH3 is 1. The van der Waals surface area contributed by atoms with Gasteiger partial charge >= 0.3 is 11.9 Å². The summed E-state index contributed by atoms with van der Waals surface area (Å²) in [5, 5.41) is 0. The number of hydrogen-bond donors (Lipinski definition) is 0. The largest absolute Gasteiger partial charge is 0.468 e. The van der Waals surface area contributed by atoms with Crippen molar-refractivity contribution in [3.63, 3.8) is 0 Å². The van der Waals surface area contributed by atoms with E-state index in [0.29, 0.717) is 12.8 Å². The molecular formula is C22H24O5. The average Bonchev–Trinajstić information content (AvgIpc) is 3.17. The molecule has 6 atom stereocenters. The van der Waals surface area contributed by atoms with E-state index in [4.69, 9.17) is 9.47 Å². The normalized spacial score (nSPS) is 41.1.